The van der Waals surface area contributed by atoms with Gasteiger partial charge in [0.15, 0.2) is 0 Å². The molecule has 0 aliphatic carbocycles. The summed E-state index contributed by atoms with van der Waals surface area (Å²) in [4.78, 5) is 17.7. The number of carboxylic acids is 1. The molecule has 1 saturated heterocycles. The van der Waals surface area contributed by atoms with Crippen LogP contribution in [0.25, 0.3) is 0 Å². The standard InChI is InChI=1S/C19H21ClN2O3/c1-13(11-14-5-7-15(8-6-14)19(23)24)22-9-10-25-17(12-22)16-3-2-4-18(20)21-16/h2-8,13,17H,9-12H2,1H3,(H,23,24). The van der Waals surface area contributed by atoms with E-state index in [1.807, 2.05) is 24.3 Å². The Labute approximate surface area is 152 Å². The van der Waals surface area contributed by atoms with Crippen LogP contribution in [0.1, 0.15) is 34.6 Å². The van der Waals surface area contributed by atoms with Crippen molar-refractivity contribution in [2.75, 3.05) is 19.7 Å². The van der Waals surface area contributed by atoms with E-state index in [1.54, 1.807) is 18.2 Å². The predicted molar refractivity (Wildman–Crippen MR) is 96.1 cm³/mol. The molecule has 25 heavy (non-hydrogen) atoms. The Balaban J connectivity index is 1.63. The third-order valence-corrected chi connectivity index (χ3v) is 4.73. The molecule has 2 heterocycles. The highest BCUT2D eigenvalue weighted by atomic mass is 35.5. The van der Waals surface area contributed by atoms with Crippen molar-refractivity contribution in [3.8, 4) is 0 Å². The van der Waals surface area contributed by atoms with Gasteiger partial charge in [-0.1, -0.05) is 29.8 Å². The van der Waals surface area contributed by atoms with E-state index in [0.29, 0.717) is 23.4 Å². The molecule has 5 nitrogen and oxygen atoms in total. The second-order valence-electron chi connectivity index (χ2n) is 6.29. The number of aromatic nitrogens is 1. The number of benzene rings is 1. The highest BCUT2D eigenvalue weighted by Crippen LogP contribution is 2.24. The fourth-order valence-electron chi connectivity index (χ4n) is 3.11. The lowest BCUT2D eigenvalue weighted by Gasteiger charge is -2.36. The Kier molecular flexibility index (Phi) is 5.68. The van der Waals surface area contributed by atoms with Gasteiger partial charge in [-0.3, -0.25) is 4.90 Å². The molecule has 1 aliphatic rings. The monoisotopic (exact) mass is 360 g/mol. The number of ether oxygens (including phenoxy) is 1. The van der Waals surface area contributed by atoms with Gasteiger partial charge in [-0.15, -0.1) is 0 Å². The largest absolute Gasteiger partial charge is 0.478 e. The van der Waals surface area contributed by atoms with E-state index in [-0.39, 0.29) is 6.10 Å². The second-order valence-corrected chi connectivity index (χ2v) is 6.68. The van der Waals surface area contributed by atoms with E-state index >= 15 is 0 Å². The van der Waals surface area contributed by atoms with Crippen LogP contribution in [0.4, 0.5) is 0 Å². The minimum Gasteiger partial charge on any atom is -0.478 e. The summed E-state index contributed by atoms with van der Waals surface area (Å²) in [7, 11) is 0. The predicted octanol–water partition coefficient (Wildman–Crippen LogP) is 3.44. The zero-order valence-corrected chi connectivity index (χ0v) is 14.8. The number of halogens is 1. The lowest BCUT2D eigenvalue weighted by Crippen LogP contribution is -2.44. The lowest BCUT2D eigenvalue weighted by molar-refractivity contribution is -0.0444. The normalized spacial score (nSPS) is 19.5. The molecule has 1 aliphatic heterocycles. The minimum absolute atomic E-state index is 0.0794. The second kappa shape index (κ2) is 7.95. The van der Waals surface area contributed by atoms with E-state index in [2.05, 4.69) is 16.8 Å². The molecule has 132 valence electrons. The summed E-state index contributed by atoms with van der Waals surface area (Å²) in [5, 5.41) is 9.46. The lowest BCUT2D eigenvalue weighted by atomic mass is 10.0. The summed E-state index contributed by atoms with van der Waals surface area (Å²) in [5.41, 5.74) is 2.30. The van der Waals surface area contributed by atoms with Crippen LogP contribution in [0.2, 0.25) is 5.15 Å². The highest BCUT2D eigenvalue weighted by molar-refractivity contribution is 6.29. The molecule has 1 fully saturated rings. The van der Waals surface area contributed by atoms with Crippen LogP contribution in [0, 0.1) is 0 Å². The summed E-state index contributed by atoms with van der Waals surface area (Å²) in [6.07, 6.45) is 0.777. The maximum atomic E-state index is 10.9. The highest BCUT2D eigenvalue weighted by Gasteiger charge is 2.26. The number of pyridine rings is 1. The molecule has 1 N–H and O–H groups in total. The van der Waals surface area contributed by atoms with Crippen LogP contribution < -0.4 is 0 Å². The summed E-state index contributed by atoms with van der Waals surface area (Å²) in [6, 6.07) is 13.0. The van der Waals surface area contributed by atoms with Crippen LogP contribution in [0.5, 0.6) is 0 Å². The number of carbonyl (C=O) groups is 1. The van der Waals surface area contributed by atoms with Crippen LogP contribution >= 0.6 is 11.6 Å². The summed E-state index contributed by atoms with van der Waals surface area (Å²) < 4.78 is 5.86. The van der Waals surface area contributed by atoms with Gasteiger partial charge in [0, 0.05) is 19.1 Å². The Hall–Kier alpha value is -1.95. The average Bonchev–Trinajstić information content (AvgIpc) is 2.62. The van der Waals surface area contributed by atoms with Crippen molar-refractivity contribution in [3.63, 3.8) is 0 Å². The fourth-order valence-corrected chi connectivity index (χ4v) is 3.28. The molecule has 1 aromatic carbocycles. The number of nitrogens with zero attached hydrogens (tertiary/aromatic N) is 2. The third kappa shape index (κ3) is 4.57. The molecule has 0 amide bonds. The van der Waals surface area contributed by atoms with Gasteiger partial charge in [0.05, 0.1) is 17.9 Å². The van der Waals surface area contributed by atoms with E-state index < -0.39 is 5.97 Å². The van der Waals surface area contributed by atoms with Gasteiger partial charge < -0.3 is 9.84 Å². The van der Waals surface area contributed by atoms with E-state index in [9.17, 15) is 4.79 Å². The average molecular weight is 361 g/mol. The van der Waals surface area contributed by atoms with Crippen LogP contribution in [-0.4, -0.2) is 46.7 Å². The summed E-state index contributed by atoms with van der Waals surface area (Å²) >= 11 is 5.98. The Morgan fingerprint density at radius 2 is 2.12 bits per heavy atom. The first-order valence-electron chi connectivity index (χ1n) is 8.33. The van der Waals surface area contributed by atoms with Gasteiger partial charge in [0.1, 0.15) is 11.3 Å². The quantitative estimate of drug-likeness (QED) is 0.827. The molecule has 0 spiro atoms. The van der Waals surface area contributed by atoms with Crippen molar-refractivity contribution in [3.05, 3.63) is 64.4 Å². The number of aromatic carboxylic acids is 1. The van der Waals surface area contributed by atoms with Gasteiger partial charge in [-0.25, -0.2) is 9.78 Å². The van der Waals surface area contributed by atoms with Crippen molar-refractivity contribution >= 4 is 17.6 Å². The first kappa shape index (κ1) is 17.9. The molecule has 6 heteroatoms. The zero-order chi connectivity index (χ0) is 17.8. The summed E-state index contributed by atoms with van der Waals surface area (Å²) in [6.45, 7) is 4.47. The summed E-state index contributed by atoms with van der Waals surface area (Å²) in [5.74, 6) is -0.898. The molecule has 2 unspecified atom stereocenters. The smallest absolute Gasteiger partial charge is 0.335 e. The number of hydrogen-bond donors (Lipinski definition) is 1. The van der Waals surface area contributed by atoms with Crippen molar-refractivity contribution < 1.29 is 14.6 Å². The van der Waals surface area contributed by atoms with Crippen LogP contribution in [-0.2, 0) is 11.2 Å². The molecule has 0 radical (unpaired) electrons. The number of carboxylic acid groups (broad SMARTS) is 1. The van der Waals surface area contributed by atoms with Crippen LogP contribution in [0.3, 0.4) is 0 Å². The van der Waals surface area contributed by atoms with Gasteiger partial charge in [0.2, 0.25) is 0 Å². The molecular formula is C19H21ClN2O3. The molecule has 3 rings (SSSR count). The first-order chi connectivity index (χ1) is 12.0. The fraction of sp³-hybridized carbons (Fsp3) is 0.368. The van der Waals surface area contributed by atoms with E-state index in [4.69, 9.17) is 21.4 Å². The number of hydrogen-bond acceptors (Lipinski definition) is 4. The molecule has 0 bridgehead atoms. The van der Waals surface area contributed by atoms with Gasteiger partial charge in [0.25, 0.3) is 0 Å². The Bertz CT molecular complexity index is 736. The molecule has 2 aromatic rings. The van der Waals surface area contributed by atoms with Crippen molar-refractivity contribution in [2.24, 2.45) is 0 Å². The molecule has 2 atom stereocenters. The van der Waals surface area contributed by atoms with Crippen LogP contribution in [0.15, 0.2) is 42.5 Å². The van der Waals surface area contributed by atoms with Gasteiger partial charge in [-0.05, 0) is 43.2 Å². The SMILES string of the molecule is CC(Cc1ccc(C(=O)O)cc1)N1CCOC(c2cccc(Cl)n2)C1. The molecular weight excluding hydrogens is 340 g/mol. The Morgan fingerprint density at radius 1 is 1.36 bits per heavy atom. The maximum Gasteiger partial charge on any atom is 0.335 e. The third-order valence-electron chi connectivity index (χ3n) is 4.52. The van der Waals surface area contributed by atoms with Gasteiger partial charge >= 0.3 is 5.97 Å². The van der Waals surface area contributed by atoms with Gasteiger partial charge in [-0.2, -0.15) is 0 Å². The number of morpholine rings is 1. The molecule has 0 saturated carbocycles. The first-order valence-corrected chi connectivity index (χ1v) is 8.71. The van der Waals surface area contributed by atoms with Crippen molar-refractivity contribution in [1.29, 1.82) is 0 Å². The maximum absolute atomic E-state index is 10.9. The molecule has 1 aromatic heterocycles. The Morgan fingerprint density at radius 3 is 2.80 bits per heavy atom. The van der Waals surface area contributed by atoms with E-state index in [0.717, 1.165) is 30.8 Å². The van der Waals surface area contributed by atoms with Crippen molar-refractivity contribution in [1.82, 2.24) is 9.88 Å². The minimum atomic E-state index is -0.898. The topological polar surface area (TPSA) is 62.7 Å². The number of rotatable bonds is 5. The van der Waals surface area contributed by atoms with Crippen molar-refractivity contribution in [2.45, 2.75) is 25.5 Å². The zero-order valence-electron chi connectivity index (χ0n) is 14.1. The van der Waals surface area contributed by atoms with E-state index in [1.165, 1.54) is 0 Å².